The molecule has 1 aliphatic rings. The van der Waals surface area contributed by atoms with Gasteiger partial charge < -0.3 is 5.32 Å². The molecule has 1 aromatic heterocycles. The van der Waals surface area contributed by atoms with Crippen molar-refractivity contribution in [1.82, 2.24) is 9.78 Å². The zero-order valence-electron chi connectivity index (χ0n) is 10.6. The van der Waals surface area contributed by atoms with Crippen molar-refractivity contribution in [2.45, 2.75) is 19.4 Å². The summed E-state index contributed by atoms with van der Waals surface area (Å²) in [5, 5.41) is 7.43. The summed E-state index contributed by atoms with van der Waals surface area (Å²) >= 11 is 8.01. The quantitative estimate of drug-likeness (QED) is 0.865. The number of hydrogen-bond acceptors (Lipinski definition) is 4. The normalized spacial score (nSPS) is 16.0. The van der Waals surface area contributed by atoms with Crippen molar-refractivity contribution in [3.63, 3.8) is 0 Å². The van der Waals surface area contributed by atoms with Crippen LogP contribution in [0.4, 0.5) is 5.69 Å². The van der Waals surface area contributed by atoms with E-state index in [0.717, 1.165) is 6.54 Å². The molecular weight excluding hydrogens is 282 g/mol. The number of terminal acetylenes is 1. The SMILES string of the molecule is C#CCn1ncc(Cl)c(NCC2CCSCC2)c1=O. The molecule has 0 aromatic carbocycles. The number of anilines is 1. The topological polar surface area (TPSA) is 46.9 Å². The van der Waals surface area contributed by atoms with Crippen LogP contribution in [0.5, 0.6) is 0 Å². The van der Waals surface area contributed by atoms with Crippen LogP contribution in [0.3, 0.4) is 0 Å². The molecule has 0 spiro atoms. The molecule has 2 heterocycles. The maximum Gasteiger partial charge on any atom is 0.292 e. The summed E-state index contributed by atoms with van der Waals surface area (Å²) in [6, 6.07) is 0. The number of hydrogen-bond donors (Lipinski definition) is 1. The molecule has 19 heavy (non-hydrogen) atoms. The van der Waals surface area contributed by atoms with Crippen molar-refractivity contribution in [3.8, 4) is 12.3 Å². The van der Waals surface area contributed by atoms with Gasteiger partial charge >= 0.3 is 0 Å². The van der Waals surface area contributed by atoms with Crippen LogP contribution < -0.4 is 10.9 Å². The van der Waals surface area contributed by atoms with Crippen LogP contribution in [0.2, 0.25) is 5.02 Å². The summed E-state index contributed by atoms with van der Waals surface area (Å²) in [5.41, 5.74) is 0.153. The molecule has 0 amide bonds. The van der Waals surface area contributed by atoms with Gasteiger partial charge in [0.2, 0.25) is 0 Å². The Morgan fingerprint density at radius 1 is 1.58 bits per heavy atom. The van der Waals surface area contributed by atoms with E-state index in [9.17, 15) is 4.79 Å². The summed E-state index contributed by atoms with van der Waals surface area (Å²) in [6.07, 6.45) is 9.02. The van der Waals surface area contributed by atoms with E-state index in [1.807, 2.05) is 11.8 Å². The van der Waals surface area contributed by atoms with E-state index in [0.29, 0.717) is 16.6 Å². The average molecular weight is 298 g/mol. The minimum atomic E-state index is -0.254. The summed E-state index contributed by atoms with van der Waals surface area (Å²) < 4.78 is 1.24. The van der Waals surface area contributed by atoms with Crippen LogP contribution in [0.1, 0.15) is 12.8 Å². The zero-order valence-corrected chi connectivity index (χ0v) is 12.1. The van der Waals surface area contributed by atoms with Gasteiger partial charge in [0.1, 0.15) is 12.2 Å². The molecule has 1 fully saturated rings. The lowest BCUT2D eigenvalue weighted by atomic mass is 10.0. The standard InChI is InChI=1S/C13H16ClN3OS/c1-2-5-17-13(18)12(11(14)9-16-17)15-8-10-3-6-19-7-4-10/h1,9-10,15H,3-8H2. The Bertz CT molecular complexity index is 532. The van der Waals surface area contributed by atoms with E-state index in [4.69, 9.17) is 18.0 Å². The predicted octanol–water partition coefficient (Wildman–Crippen LogP) is 2.08. The lowest BCUT2D eigenvalue weighted by Crippen LogP contribution is -2.28. The Morgan fingerprint density at radius 2 is 2.32 bits per heavy atom. The minimum Gasteiger partial charge on any atom is -0.379 e. The molecule has 1 N–H and O–H groups in total. The Hall–Kier alpha value is -1.12. The van der Waals surface area contributed by atoms with Gasteiger partial charge in [-0.05, 0) is 30.3 Å². The molecule has 1 saturated heterocycles. The third-order valence-electron chi connectivity index (χ3n) is 3.15. The minimum absolute atomic E-state index is 0.157. The van der Waals surface area contributed by atoms with Crippen molar-refractivity contribution in [3.05, 3.63) is 21.6 Å². The lowest BCUT2D eigenvalue weighted by molar-refractivity contribution is 0.515. The van der Waals surface area contributed by atoms with E-state index >= 15 is 0 Å². The number of nitrogens with zero attached hydrogens (tertiary/aromatic N) is 2. The lowest BCUT2D eigenvalue weighted by Gasteiger charge is -2.22. The maximum atomic E-state index is 12.1. The van der Waals surface area contributed by atoms with Gasteiger partial charge in [0.15, 0.2) is 0 Å². The predicted molar refractivity (Wildman–Crippen MR) is 80.9 cm³/mol. The van der Waals surface area contributed by atoms with Crippen molar-refractivity contribution < 1.29 is 0 Å². The largest absolute Gasteiger partial charge is 0.379 e. The third-order valence-corrected chi connectivity index (χ3v) is 4.48. The molecule has 2 rings (SSSR count). The molecule has 0 bridgehead atoms. The average Bonchev–Trinajstić information content (AvgIpc) is 2.43. The van der Waals surface area contributed by atoms with Crippen LogP contribution in [0, 0.1) is 18.3 Å². The second-order valence-electron chi connectivity index (χ2n) is 4.47. The molecule has 1 aliphatic heterocycles. The van der Waals surface area contributed by atoms with Crippen LogP contribution in [0.25, 0.3) is 0 Å². The Kier molecular flexibility index (Phi) is 5.17. The molecule has 102 valence electrons. The molecule has 0 saturated carbocycles. The van der Waals surface area contributed by atoms with E-state index in [-0.39, 0.29) is 12.1 Å². The maximum absolute atomic E-state index is 12.1. The summed E-state index contributed by atoms with van der Waals surface area (Å²) in [5.74, 6) is 5.39. The second kappa shape index (κ2) is 6.88. The highest BCUT2D eigenvalue weighted by atomic mass is 35.5. The number of nitrogens with one attached hydrogen (secondary N) is 1. The highest BCUT2D eigenvalue weighted by Crippen LogP contribution is 2.23. The Labute approximate surface area is 121 Å². The summed E-state index contributed by atoms with van der Waals surface area (Å²) in [7, 11) is 0. The van der Waals surface area contributed by atoms with Crippen molar-refractivity contribution in [2.75, 3.05) is 23.4 Å². The molecule has 0 atom stereocenters. The molecule has 0 radical (unpaired) electrons. The van der Waals surface area contributed by atoms with E-state index < -0.39 is 0 Å². The molecule has 1 aromatic rings. The monoisotopic (exact) mass is 297 g/mol. The number of halogens is 1. The van der Waals surface area contributed by atoms with Gasteiger partial charge in [-0.15, -0.1) is 6.42 Å². The fraction of sp³-hybridized carbons (Fsp3) is 0.538. The van der Waals surface area contributed by atoms with Crippen LogP contribution >= 0.6 is 23.4 Å². The fourth-order valence-electron chi connectivity index (χ4n) is 2.02. The van der Waals surface area contributed by atoms with Gasteiger partial charge in [-0.1, -0.05) is 17.5 Å². The summed E-state index contributed by atoms with van der Waals surface area (Å²) in [6.45, 7) is 0.931. The molecule has 0 aliphatic carbocycles. The van der Waals surface area contributed by atoms with Crippen LogP contribution in [-0.4, -0.2) is 27.8 Å². The second-order valence-corrected chi connectivity index (χ2v) is 6.10. The Balaban J connectivity index is 2.08. The first-order valence-corrected chi connectivity index (χ1v) is 7.76. The van der Waals surface area contributed by atoms with E-state index in [2.05, 4.69) is 16.3 Å². The first kappa shape index (κ1) is 14.3. The number of aromatic nitrogens is 2. The van der Waals surface area contributed by atoms with Gasteiger partial charge in [0.05, 0.1) is 11.2 Å². The third kappa shape index (κ3) is 3.68. The van der Waals surface area contributed by atoms with E-state index in [1.165, 1.54) is 35.2 Å². The first-order valence-electron chi connectivity index (χ1n) is 6.23. The Morgan fingerprint density at radius 3 is 3.00 bits per heavy atom. The van der Waals surface area contributed by atoms with Gasteiger partial charge in [0, 0.05) is 6.54 Å². The number of thioether (sulfide) groups is 1. The first-order chi connectivity index (χ1) is 9.22. The van der Waals surface area contributed by atoms with Crippen molar-refractivity contribution in [1.29, 1.82) is 0 Å². The van der Waals surface area contributed by atoms with Crippen LogP contribution in [0.15, 0.2) is 11.0 Å². The highest BCUT2D eigenvalue weighted by Gasteiger charge is 2.15. The van der Waals surface area contributed by atoms with Crippen molar-refractivity contribution in [2.24, 2.45) is 5.92 Å². The van der Waals surface area contributed by atoms with Gasteiger partial charge in [-0.3, -0.25) is 4.79 Å². The fourth-order valence-corrected chi connectivity index (χ4v) is 3.42. The molecule has 0 unspecified atom stereocenters. The molecular formula is C13H16ClN3OS. The highest BCUT2D eigenvalue weighted by molar-refractivity contribution is 7.99. The van der Waals surface area contributed by atoms with Gasteiger partial charge in [-0.2, -0.15) is 16.9 Å². The zero-order chi connectivity index (χ0) is 13.7. The molecule has 6 heteroatoms. The molecule has 4 nitrogen and oxygen atoms in total. The van der Waals surface area contributed by atoms with Gasteiger partial charge in [-0.25, -0.2) is 4.68 Å². The van der Waals surface area contributed by atoms with Crippen molar-refractivity contribution >= 4 is 29.1 Å². The number of rotatable bonds is 4. The van der Waals surface area contributed by atoms with Crippen LogP contribution in [-0.2, 0) is 6.54 Å². The smallest absolute Gasteiger partial charge is 0.292 e. The van der Waals surface area contributed by atoms with E-state index in [1.54, 1.807) is 0 Å². The summed E-state index contributed by atoms with van der Waals surface area (Å²) in [4.78, 5) is 12.1. The van der Waals surface area contributed by atoms with Gasteiger partial charge in [0.25, 0.3) is 5.56 Å².